The van der Waals surface area contributed by atoms with E-state index in [2.05, 4.69) is 12.2 Å². The molecule has 0 aromatic carbocycles. The van der Waals surface area contributed by atoms with E-state index < -0.39 is 11.9 Å². The highest BCUT2D eigenvalue weighted by Gasteiger charge is 2.39. The van der Waals surface area contributed by atoms with E-state index in [-0.39, 0.29) is 18.9 Å². The topological polar surface area (TPSA) is 94.8 Å². The van der Waals surface area contributed by atoms with Crippen LogP contribution in [-0.4, -0.2) is 33.9 Å². The van der Waals surface area contributed by atoms with Crippen LogP contribution >= 0.6 is 0 Å². The molecule has 17 heavy (non-hydrogen) atoms. The zero-order valence-electron chi connectivity index (χ0n) is 9.58. The van der Waals surface area contributed by atoms with Crippen LogP contribution < -0.4 is 0 Å². The summed E-state index contributed by atoms with van der Waals surface area (Å²) < 4.78 is 0. The van der Waals surface area contributed by atoms with Crippen LogP contribution in [0.15, 0.2) is 12.2 Å². The third kappa shape index (κ3) is 4.19. The van der Waals surface area contributed by atoms with Gasteiger partial charge in [-0.1, -0.05) is 12.2 Å². The molecular weight excluding hydrogens is 224 g/mol. The van der Waals surface area contributed by atoms with Crippen LogP contribution in [0.4, 0.5) is 0 Å². The summed E-state index contributed by atoms with van der Waals surface area (Å²) in [6, 6.07) is 0. The quantitative estimate of drug-likeness (QED) is 0.642. The summed E-state index contributed by atoms with van der Waals surface area (Å²) in [7, 11) is 0. The zero-order chi connectivity index (χ0) is 12.8. The van der Waals surface area contributed by atoms with Gasteiger partial charge in [-0.25, -0.2) is 0 Å². The van der Waals surface area contributed by atoms with E-state index in [0.29, 0.717) is 18.3 Å². The van der Waals surface area contributed by atoms with Gasteiger partial charge in [-0.05, 0) is 31.1 Å². The Hall–Kier alpha value is -1.36. The molecule has 0 radical (unpaired) electrons. The minimum absolute atomic E-state index is 0.0354. The number of allylic oxidation sites excluding steroid dienone is 2. The molecule has 0 aromatic rings. The van der Waals surface area contributed by atoms with Gasteiger partial charge in [-0.15, -0.1) is 0 Å². The smallest absolute Gasteiger partial charge is 0.307 e. The van der Waals surface area contributed by atoms with Gasteiger partial charge >= 0.3 is 11.9 Å². The van der Waals surface area contributed by atoms with E-state index in [1.54, 1.807) is 0 Å². The van der Waals surface area contributed by atoms with E-state index >= 15 is 0 Å². The Balaban J connectivity index is 0.000000185. The van der Waals surface area contributed by atoms with Crippen LogP contribution in [0.3, 0.4) is 0 Å². The highest BCUT2D eigenvalue weighted by Crippen LogP contribution is 2.43. The molecule has 3 atom stereocenters. The van der Waals surface area contributed by atoms with Crippen LogP contribution in [0.2, 0.25) is 0 Å². The molecule has 0 saturated heterocycles. The summed E-state index contributed by atoms with van der Waals surface area (Å²) in [5.74, 6) is -0.616. The number of carbonyl (C=O) groups is 2. The van der Waals surface area contributed by atoms with E-state index in [9.17, 15) is 9.59 Å². The van der Waals surface area contributed by atoms with Crippen molar-refractivity contribution in [2.24, 2.45) is 17.8 Å². The molecule has 5 heteroatoms. The number of aliphatic hydroxyl groups excluding tert-OH is 1. The standard InChI is InChI=1S/C8H10O2.C4H8O3/c9-8(10)7-4-5-1-2-6(7)3-5;5-3-1-2-4(6)7/h1-2,5-7H,3-4H2,(H,9,10);5H,1-3H2,(H,6,7). The Morgan fingerprint density at radius 3 is 2.12 bits per heavy atom. The van der Waals surface area contributed by atoms with Gasteiger partial charge in [0.2, 0.25) is 0 Å². The third-order valence-corrected chi connectivity index (χ3v) is 3.14. The van der Waals surface area contributed by atoms with Crippen molar-refractivity contribution in [3.05, 3.63) is 12.2 Å². The van der Waals surface area contributed by atoms with Crippen molar-refractivity contribution >= 4 is 11.9 Å². The number of carboxylic acid groups (broad SMARTS) is 2. The second kappa shape index (κ2) is 6.39. The summed E-state index contributed by atoms with van der Waals surface area (Å²) in [4.78, 5) is 20.2. The van der Waals surface area contributed by atoms with Gasteiger partial charge in [0.1, 0.15) is 0 Å². The Bertz CT molecular complexity index is 310. The van der Waals surface area contributed by atoms with E-state index in [0.717, 1.165) is 12.8 Å². The highest BCUT2D eigenvalue weighted by atomic mass is 16.4. The molecule has 2 aliphatic carbocycles. The van der Waals surface area contributed by atoms with Crippen LogP contribution in [0, 0.1) is 17.8 Å². The minimum Gasteiger partial charge on any atom is -0.481 e. The number of hydrogen-bond donors (Lipinski definition) is 3. The fourth-order valence-electron chi connectivity index (χ4n) is 2.29. The van der Waals surface area contributed by atoms with Gasteiger partial charge < -0.3 is 15.3 Å². The molecule has 0 aromatic heterocycles. The maximum absolute atomic E-state index is 10.6. The lowest BCUT2D eigenvalue weighted by molar-refractivity contribution is -0.142. The number of rotatable bonds is 4. The lowest BCUT2D eigenvalue weighted by Gasteiger charge is -2.11. The lowest BCUT2D eigenvalue weighted by Crippen LogP contribution is -2.17. The zero-order valence-corrected chi connectivity index (χ0v) is 9.58. The SMILES string of the molecule is O=C(O)C1CC2C=CC1C2.O=C(O)CCCO. The molecule has 2 bridgehead atoms. The first-order valence-corrected chi connectivity index (χ1v) is 5.78. The number of fused-ring (bicyclic) bond motifs is 2. The maximum Gasteiger partial charge on any atom is 0.307 e. The third-order valence-electron chi connectivity index (χ3n) is 3.14. The van der Waals surface area contributed by atoms with Gasteiger partial charge in [-0.3, -0.25) is 9.59 Å². The predicted octanol–water partition coefficient (Wildman–Crippen LogP) is 1.13. The molecular formula is C12H18O5. The van der Waals surface area contributed by atoms with Crippen molar-refractivity contribution in [1.29, 1.82) is 0 Å². The molecule has 96 valence electrons. The van der Waals surface area contributed by atoms with Crippen molar-refractivity contribution in [2.45, 2.75) is 25.7 Å². The van der Waals surface area contributed by atoms with Crippen molar-refractivity contribution in [3.8, 4) is 0 Å². The Kier molecular flexibility index (Phi) is 5.15. The summed E-state index contributed by atoms with van der Waals surface area (Å²) in [6.07, 6.45) is 6.59. The molecule has 3 N–H and O–H groups in total. The normalized spacial score (nSPS) is 28.6. The summed E-state index contributed by atoms with van der Waals surface area (Å²) in [5.41, 5.74) is 0. The van der Waals surface area contributed by atoms with Crippen molar-refractivity contribution in [3.63, 3.8) is 0 Å². The number of carboxylic acids is 2. The predicted molar refractivity (Wildman–Crippen MR) is 60.4 cm³/mol. The molecule has 0 spiro atoms. The molecule has 2 aliphatic rings. The number of aliphatic hydroxyl groups is 1. The van der Waals surface area contributed by atoms with E-state index in [1.807, 2.05) is 0 Å². The second-order valence-electron chi connectivity index (χ2n) is 4.45. The summed E-state index contributed by atoms with van der Waals surface area (Å²) in [6.45, 7) is -0.0354. The largest absolute Gasteiger partial charge is 0.481 e. The average Bonchev–Trinajstić information content (AvgIpc) is 2.88. The first-order valence-electron chi connectivity index (χ1n) is 5.78. The van der Waals surface area contributed by atoms with Crippen molar-refractivity contribution < 1.29 is 24.9 Å². The first-order chi connectivity index (χ1) is 8.04. The van der Waals surface area contributed by atoms with Gasteiger partial charge in [-0.2, -0.15) is 0 Å². The minimum atomic E-state index is -0.853. The van der Waals surface area contributed by atoms with Crippen molar-refractivity contribution in [1.82, 2.24) is 0 Å². The molecule has 1 saturated carbocycles. The monoisotopic (exact) mass is 242 g/mol. The van der Waals surface area contributed by atoms with Gasteiger partial charge in [0.25, 0.3) is 0 Å². The van der Waals surface area contributed by atoms with E-state index in [1.165, 1.54) is 0 Å². The van der Waals surface area contributed by atoms with Crippen LogP contribution in [0.25, 0.3) is 0 Å². The average molecular weight is 242 g/mol. The number of hydrogen-bond acceptors (Lipinski definition) is 3. The molecule has 0 heterocycles. The number of aliphatic carboxylic acids is 2. The van der Waals surface area contributed by atoms with Gasteiger partial charge in [0, 0.05) is 13.0 Å². The second-order valence-corrected chi connectivity index (χ2v) is 4.45. The van der Waals surface area contributed by atoms with Crippen molar-refractivity contribution in [2.75, 3.05) is 6.61 Å². The fraction of sp³-hybridized carbons (Fsp3) is 0.667. The van der Waals surface area contributed by atoms with Gasteiger partial charge in [0.15, 0.2) is 0 Å². The Labute approximate surface area is 99.8 Å². The van der Waals surface area contributed by atoms with Crippen LogP contribution in [0.5, 0.6) is 0 Å². The Morgan fingerprint density at radius 2 is 1.88 bits per heavy atom. The molecule has 0 aliphatic heterocycles. The summed E-state index contributed by atoms with van der Waals surface area (Å²) in [5, 5.41) is 24.7. The lowest BCUT2D eigenvalue weighted by atomic mass is 9.94. The molecule has 5 nitrogen and oxygen atoms in total. The Morgan fingerprint density at radius 1 is 1.18 bits per heavy atom. The summed E-state index contributed by atoms with van der Waals surface area (Å²) >= 11 is 0. The fourth-order valence-corrected chi connectivity index (χ4v) is 2.29. The first kappa shape index (κ1) is 13.7. The highest BCUT2D eigenvalue weighted by molar-refractivity contribution is 5.71. The molecule has 2 rings (SSSR count). The maximum atomic E-state index is 10.6. The van der Waals surface area contributed by atoms with Crippen LogP contribution in [0.1, 0.15) is 25.7 Å². The molecule has 0 amide bonds. The van der Waals surface area contributed by atoms with Gasteiger partial charge in [0.05, 0.1) is 5.92 Å². The molecule has 1 fully saturated rings. The van der Waals surface area contributed by atoms with Crippen LogP contribution in [-0.2, 0) is 9.59 Å². The molecule has 3 unspecified atom stereocenters. The van der Waals surface area contributed by atoms with E-state index in [4.69, 9.17) is 15.3 Å².